The standard InChI is InChI=1S/C19H20N2O4/c1-24-16-9-15(10-17(11-16)25-7-6-22)21-12-19(23)14-2-3-18-13(8-14)4-5-20-18/h2-5,8-11,20-22H,6-7,12H2,1H3. The number of aliphatic hydroxyl groups excluding tert-OH is 1. The van der Waals surface area contributed by atoms with Crippen LogP contribution in [0.3, 0.4) is 0 Å². The fourth-order valence-corrected chi connectivity index (χ4v) is 2.55. The van der Waals surface area contributed by atoms with Crippen LogP contribution in [0.25, 0.3) is 10.9 Å². The number of anilines is 1. The molecule has 2 aromatic carbocycles. The Hall–Kier alpha value is -2.99. The molecule has 130 valence electrons. The summed E-state index contributed by atoms with van der Waals surface area (Å²) in [6.07, 6.45) is 1.85. The molecule has 0 atom stereocenters. The van der Waals surface area contributed by atoms with Gasteiger partial charge < -0.3 is 24.9 Å². The summed E-state index contributed by atoms with van der Waals surface area (Å²) in [6, 6.07) is 12.8. The van der Waals surface area contributed by atoms with Gasteiger partial charge in [0.2, 0.25) is 0 Å². The molecule has 0 saturated carbocycles. The monoisotopic (exact) mass is 340 g/mol. The van der Waals surface area contributed by atoms with Crippen LogP contribution in [0.2, 0.25) is 0 Å². The van der Waals surface area contributed by atoms with E-state index in [2.05, 4.69) is 10.3 Å². The molecule has 1 aromatic heterocycles. The van der Waals surface area contributed by atoms with Gasteiger partial charge in [-0.05, 0) is 24.3 Å². The summed E-state index contributed by atoms with van der Waals surface area (Å²) in [5.41, 5.74) is 2.37. The van der Waals surface area contributed by atoms with Crippen LogP contribution in [0, 0.1) is 0 Å². The molecule has 0 saturated heterocycles. The molecule has 0 aliphatic heterocycles. The maximum atomic E-state index is 12.4. The number of aromatic amines is 1. The van der Waals surface area contributed by atoms with Crippen LogP contribution in [0.4, 0.5) is 5.69 Å². The van der Waals surface area contributed by atoms with Crippen molar-refractivity contribution in [3.8, 4) is 11.5 Å². The van der Waals surface area contributed by atoms with Gasteiger partial charge in [-0.3, -0.25) is 4.79 Å². The number of methoxy groups -OCH3 is 1. The van der Waals surface area contributed by atoms with Gasteiger partial charge in [0.1, 0.15) is 18.1 Å². The average molecular weight is 340 g/mol. The topological polar surface area (TPSA) is 83.6 Å². The number of rotatable bonds is 8. The zero-order chi connectivity index (χ0) is 17.6. The number of carbonyl (C=O) groups excluding carboxylic acids is 1. The van der Waals surface area contributed by atoms with E-state index in [1.54, 1.807) is 25.3 Å². The number of carbonyl (C=O) groups is 1. The number of H-pyrrole nitrogens is 1. The van der Waals surface area contributed by atoms with Crippen molar-refractivity contribution >= 4 is 22.4 Å². The Kier molecular flexibility index (Phi) is 5.20. The first-order chi connectivity index (χ1) is 12.2. The average Bonchev–Trinajstić information content (AvgIpc) is 3.12. The van der Waals surface area contributed by atoms with Crippen molar-refractivity contribution in [3.63, 3.8) is 0 Å². The van der Waals surface area contributed by atoms with Gasteiger partial charge >= 0.3 is 0 Å². The second kappa shape index (κ2) is 7.72. The number of aliphatic hydroxyl groups is 1. The normalized spacial score (nSPS) is 10.6. The number of aromatic nitrogens is 1. The van der Waals surface area contributed by atoms with E-state index in [9.17, 15) is 4.79 Å². The Balaban J connectivity index is 1.70. The van der Waals surface area contributed by atoms with E-state index in [4.69, 9.17) is 14.6 Å². The predicted molar refractivity (Wildman–Crippen MR) is 96.7 cm³/mol. The molecule has 3 aromatic rings. The molecule has 0 aliphatic carbocycles. The second-order valence-electron chi connectivity index (χ2n) is 5.53. The van der Waals surface area contributed by atoms with Crippen LogP contribution >= 0.6 is 0 Å². The van der Waals surface area contributed by atoms with Gasteiger partial charge in [0.05, 0.1) is 20.3 Å². The third kappa shape index (κ3) is 4.10. The summed E-state index contributed by atoms with van der Waals surface area (Å²) < 4.78 is 10.6. The first-order valence-corrected chi connectivity index (χ1v) is 7.96. The molecule has 0 spiro atoms. The number of benzene rings is 2. The first-order valence-electron chi connectivity index (χ1n) is 7.96. The molecule has 0 fully saturated rings. The van der Waals surface area contributed by atoms with Gasteiger partial charge in [0.15, 0.2) is 5.78 Å². The van der Waals surface area contributed by atoms with Gasteiger partial charge in [0.25, 0.3) is 0 Å². The number of ether oxygens (including phenoxy) is 2. The Morgan fingerprint density at radius 2 is 2.00 bits per heavy atom. The highest BCUT2D eigenvalue weighted by molar-refractivity contribution is 6.01. The SMILES string of the molecule is COc1cc(NCC(=O)c2ccc3[nH]ccc3c2)cc(OCCO)c1. The molecule has 3 N–H and O–H groups in total. The van der Waals surface area contributed by atoms with Crippen molar-refractivity contribution in [2.75, 3.05) is 32.2 Å². The summed E-state index contributed by atoms with van der Waals surface area (Å²) >= 11 is 0. The zero-order valence-corrected chi connectivity index (χ0v) is 13.9. The highest BCUT2D eigenvalue weighted by Crippen LogP contribution is 2.26. The predicted octanol–water partition coefficient (Wildman–Crippen LogP) is 2.84. The quantitative estimate of drug-likeness (QED) is 0.549. The van der Waals surface area contributed by atoms with Crippen LogP contribution < -0.4 is 14.8 Å². The summed E-state index contributed by atoms with van der Waals surface area (Å²) in [5.74, 6) is 1.17. The largest absolute Gasteiger partial charge is 0.497 e. The highest BCUT2D eigenvalue weighted by atomic mass is 16.5. The molecule has 6 nitrogen and oxygen atoms in total. The maximum Gasteiger partial charge on any atom is 0.181 e. The summed E-state index contributed by atoms with van der Waals surface area (Å²) in [5, 5.41) is 13.0. The lowest BCUT2D eigenvalue weighted by atomic mass is 10.1. The van der Waals surface area contributed by atoms with Gasteiger partial charge in [-0.15, -0.1) is 0 Å². The van der Waals surface area contributed by atoms with Crippen LogP contribution in [0.1, 0.15) is 10.4 Å². The Morgan fingerprint density at radius 1 is 1.16 bits per heavy atom. The van der Waals surface area contributed by atoms with Crippen LogP contribution in [0.5, 0.6) is 11.5 Å². The second-order valence-corrected chi connectivity index (χ2v) is 5.53. The minimum Gasteiger partial charge on any atom is -0.497 e. The molecule has 0 aliphatic rings. The van der Waals surface area contributed by atoms with E-state index < -0.39 is 0 Å². The first kappa shape index (κ1) is 16.9. The Labute approximate surface area is 145 Å². The molecule has 3 rings (SSSR count). The fourth-order valence-electron chi connectivity index (χ4n) is 2.55. The van der Waals surface area contributed by atoms with Gasteiger partial charge in [-0.1, -0.05) is 0 Å². The smallest absolute Gasteiger partial charge is 0.181 e. The minimum atomic E-state index is -0.0694. The van der Waals surface area contributed by atoms with Crippen molar-refractivity contribution in [2.45, 2.75) is 0 Å². The van der Waals surface area contributed by atoms with Gasteiger partial charge in [0, 0.05) is 46.5 Å². The van der Waals surface area contributed by atoms with E-state index in [1.165, 1.54) is 0 Å². The zero-order valence-electron chi connectivity index (χ0n) is 13.9. The van der Waals surface area contributed by atoms with Crippen molar-refractivity contribution in [2.24, 2.45) is 0 Å². The third-order valence-electron chi connectivity index (χ3n) is 3.80. The van der Waals surface area contributed by atoms with Crippen LogP contribution in [0.15, 0.2) is 48.7 Å². The number of ketones is 1. The lowest BCUT2D eigenvalue weighted by Crippen LogP contribution is -2.14. The van der Waals surface area contributed by atoms with E-state index in [1.807, 2.05) is 30.5 Å². The lowest BCUT2D eigenvalue weighted by Gasteiger charge is -2.11. The third-order valence-corrected chi connectivity index (χ3v) is 3.80. The van der Waals surface area contributed by atoms with Crippen molar-refractivity contribution in [1.82, 2.24) is 4.98 Å². The van der Waals surface area contributed by atoms with E-state index >= 15 is 0 Å². The molecule has 6 heteroatoms. The molecule has 0 unspecified atom stereocenters. The van der Waals surface area contributed by atoms with E-state index in [0.29, 0.717) is 22.7 Å². The van der Waals surface area contributed by atoms with Crippen molar-refractivity contribution in [3.05, 3.63) is 54.2 Å². The van der Waals surface area contributed by atoms with Gasteiger partial charge in [-0.25, -0.2) is 0 Å². The number of nitrogens with one attached hydrogen (secondary N) is 2. The van der Waals surface area contributed by atoms with Crippen molar-refractivity contribution < 1.29 is 19.4 Å². The summed E-state index contributed by atoms with van der Waals surface area (Å²) in [7, 11) is 1.56. The van der Waals surface area contributed by atoms with E-state index in [0.717, 1.165) is 10.9 Å². The minimum absolute atomic E-state index is 0.0104. The molecule has 0 radical (unpaired) electrons. The Bertz CT molecular complexity index is 873. The van der Waals surface area contributed by atoms with Crippen molar-refractivity contribution in [1.29, 1.82) is 0 Å². The molecule has 0 bridgehead atoms. The van der Waals surface area contributed by atoms with Gasteiger partial charge in [-0.2, -0.15) is 0 Å². The number of hydrogen-bond donors (Lipinski definition) is 3. The van der Waals surface area contributed by atoms with E-state index in [-0.39, 0.29) is 25.5 Å². The lowest BCUT2D eigenvalue weighted by molar-refractivity contribution is 0.101. The van der Waals surface area contributed by atoms with Crippen LogP contribution in [-0.2, 0) is 0 Å². The van der Waals surface area contributed by atoms with Crippen LogP contribution in [-0.4, -0.2) is 42.7 Å². The number of hydrogen-bond acceptors (Lipinski definition) is 5. The maximum absolute atomic E-state index is 12.4. The molecule has 0 amide bonds. The molecular formula is C19H20N2O4. The summed E-state index contributed by atoms with van der Waals surface area (Å²) in [6.45, 7) is 0.283. The number of fused-ring (bicyclic) bond motifs is 1. The fraction of sp³-hybridized carbons (Fsp3) is 0.211. The molecule has 1 heterocycles. The number of Topliss-reactive ketones (excluding diaryl/α,β-unsaturated/α-hetero) is 1. The Morgan fingerprint density at radius 3 is 2.80 bits per heavy atom. The summed E-state index contributed by atoms with van der Waals surface area (Å²) in [4.78, 5) is 15.5. The molecule has 25 heavy (non-hydrogen) atoms. The molecular weight excluding hydrogens is 320 g/mol. The highest BCUT2D eigenvalue weighted by Gasteiger charge is 2.09.